The lowest BCUT2D eigenvalue weighted by molar-refractivity contribution is -0.150. The number of hydrogen-bond acceptors (Lipinski definition) is 3. The van der Waals surface area contributed by atoms with Crippen LogP contribution < -0.4 is 5.32 Å². The van der Waals surface area contributed by atoms with Crippen LogP contribution in [0, 0.1) is 0 Å². The van der Waals surface area contributed by atoms with E-state index in [4.69, 9.17) is 5.11 Å². The van der Waals surface area contributed by atoms with Crippen molar-refractivity contribution in [3.8, 4) is 0 Å². The van der Waals surface area contributed by atoms with E-state index in [1.54, 1.807) is 0 Å². The van der Waals surface area contributed by atoms with E-state index in [1.807, 2.05) is 42.5 Å². The van der Waals surface area contributed by atoms with Crippen LogP contribution in [0.25, 0.3) is 10.8 Å². The van der Waals surface area contributed by atoms with Gasteiger partial charge in [0.25, 0.3) is 0 Å². The average molecular weight is 358 g/mol. The largest absolute Gasteiger partial charge is 0.479 e. The number of benzene rings is 2. The third kappa shape index (κ3) is 3.66. The standard InChI is InChI=1S/C19H19FN2O4/c20-19(18(25)26)8-9-22(12-19)17(24)11-21-16(23)10-14-6-3-5-13-4-1-2-7-15(13)14/h1-7H,8-12H2,(H,21,23)(H,25,26). The number of fused-ring (bicyclic) bond motifs is 1. The Morgan fingerprint density at radius 1 is 1.15 bits per heavy atom. The van der Waals surface area contributed by atoms with Gasteiger partial charge in [0.05, 0.1) is 19.5 Å². The van der Waals surface area contributed by atoms with E-state index in [0.29, 0.717) is 0 Å². The molecule has 2 aromatic carbocycles. The minimum absolute atomic E-state index is 0.0286. The van der Waals surface area contributed by atoms with Gasteiger partial charge in [-0.25, -0.2) is 9.18 Å². The number of amides is 2. The SMILES string of the molecule is O=C(Cc1cccc2ccccc12)NCC(=O)N1CCC(F)(C(=O)O)C1. The van der Waals surface area contributed by atoms with Crippen LogP contribution in [0.5, 0.6) is 0 Å². The number of likely N-dealkylation sites (tertiary alicyclic amines) is 1. The Balaban J connectivity index is 1.56. The molecule has 0 bridgehead atoms. The van der Waals surface area contributed by atoms with Crippen molar-refractivity contribution in [1.82, 2.24) is 10.2 Å². The lowest BCUT2D eigenvalue weighted by Gasteiger charge is -2.18. The minimum atomic E-state index is -2.40. The Morgan fingerprint density at radius 3 is 2.62 bits per heavy atom. The molecule has 0 spiro atoms. The number of nitrogens with one attached hydrogen (secondary N) is 1. The lowest BCUT2D eigenvalue weighted by atomic mass is 10.0. The summed E-state index contributed by atoms with van der Waals surface area (Å²) in [7, 11) is 0. The van der Waals surface area contributed by atoms with Crippen molar-refractivity contribution in [1.29, 1.82) is 0 Å². The molecule has 26 heavy (non-hydrogen) atoms. The molecule has 2 N–H and O–H groups in total. The van der Waals surface area contributed by atoms with Gasteiger partial charge in [0.2, 0.25) is 17.5 Å². The average Bonchev–Trinajstić information content (AvgIpc) is 3.04. The summed E-state index contributed by atoms with van der Waals surface area (Å²) in [5.41, 5.74) is -1.55. The molecule has 1 heterocycles. The summed E-state index contributed by atoms with van der Waals surface area (Å²) in [5, 5.41) is 13.4. The van der Waals surface area contributed by atoms with E-state index in [-0.39, 0.29) is 31.8 Å². The molecule has 1 fully saturated rings. The zero-order chi connectivity index (χ0) is 18.7. The molecule has 2 aromatic rings. The molecule has 6 nitrogen and oxygen atoms in total. The van der Waals surface area contributed by atoms with Gasteiger partial charge in [-0.2, -0.15) is 0 Å². The van der Waals surface area contributed by atoms with Crippen molar-refractivity contribution in [2.75, 3.05) is 19.6 Å². The smallest absolute Gasteiger partial charge is 0.343 e. The first-order valence-electron chi connectivity index (χ1n) is 8.32. The molecule has 1 atom stereocenters. The highest BCUT2D eigenvalue weighted by Gasteiger charge is 2.46. The van der Waals surface area contributed by atoms with Crippen molar-refractivity contribution >= 4 is 28.6 Å². The molecule has 1 aliphatic heterocycles. The van der Waals surface area contributed by atoms with Gasteiger partial charge in [-0.05, 0) is 16.3 Å². The zero-order valence-electron chi connectivity index (χ0n) is 14.1. The van der Waals surface area contributed by atoms with Gasteiger partial charge in [-0.1, -0.05) is 42.5 Å². The molecule has 1 saturated heterocycles. The van der Waals surface area contributed by atoms with Crippen LogP contribution in [0.15, 0.2) is 42.5 Å². The van der Waals surface area contributed by atoms with E-state index in [0.717, 1.165) is 21.2 Å². The maximum atomic E-state index is 14.0. The number of carbonyl (C=O) groups excluding carboxylic acids is 2. The van der Waals surface area contributed by atoms with E-state index >= 15 is 0 Å². The molecule has 7 heteroatoms. The summed E-state index contributed by atoms with van der Waals surface area (Å²) >= 11 is 0. The van der Waals surface area contributed by atoms with Crippen molar-refractivity contribution in [2.24, 2.45) is 0 Å². The van der Waals surface area contributed by atoms with Crippen molar-refractivity contribution in [3.05, 3.63) is 48.0 Å². The third-order valence-electron chi connectivity index (χ3n) is 4.62. The van der Waals surface area contributed by atoms with Crippen LogP contribution in [0.2, 0.25) is 0 Å². The Bertz CT molecular complexity index is 864. The van der Waals surface area contributed by atoms with Gasteiger partial charge in [0, 0.05) is 13.0 Å². The molecule has 1 aliphatic rings. The predicted molar refractivity (Wildman–Crippen MR) is 93.3 cm³/mol. The lowest BCUT2D eigenvalue weighted by Crippen LogP contribution is -2.43. The van der Waals surface area contributed by atoms with Gasteiger partial charge >= 0.3 is 5.97 Å². The highest BCUT2D eigenvalue weighted by Crippen LogP contribution is 2.25. The van der Waals surface area contributed by atoms with Crippen molar-refractivity contribution in [3.63, 3.8) is 0 Å². The number of carboxylic acid groups (broad SMARTS) is 1. The second kappa shape index (κ2) is 7.11. The van der Waals surface area contributed by atoms with Crippen LogP contribution in [-0.2, 0) is 20.8 Å². The zero-order valence-corrected chi connectivity index (χ0v) is 14.1. The highest BCUT2D eigenvalue weighted by molar-refractivity contribution is 5.92. The molecular weight excluding hydrogens is 339 g/mol. The van der Waals surface area contributed by atoms with Crippen LogP contribution in [0.3, 0.4) is 0 Å². The molecule has 3 rings (SSSR count). The predicted octanol–water partition coefficient (Wildman–Crippen LogP) is 1.52. The number of nitrogens with zero attached hydrogens (tertiary/aromatic N) is 1. The third-order valence-corrected chi connectivity index (χ3v) is 4.62. The number of carbonyl (C=O) groups is 3. The first-order valence-corrected chi connectivity index (χ1v) is 8.32. The summed E-state index contributed by atoms with van der Waals surface area (Å²) in [5.74, 6) is -2.37. The molecule has 0 radical (unpaired) electrons. The summed E-state index contributed by atoms with van der Waals surface area (Å²) in [6.45, 7) is -0.736. The van der Waals surface area contributed by atoms with E-state index < -0.39 is 24.1 Å². The number of aliphatic carboxylic acids is 1. The van der Waals surface area contributed by atoms with Crippen LogP contribution in [-0.4, -0.2) is 53.1 Å². The monoisotopic (exact) mass is 358 g/mol. The Hall–Kier alpha value is -2.96. The minimum Gasteiger partial charge on any atom is -0.479 e. The van der Waals surface area contributed by atoms with Crippen molar-refractivity contribution in [2.45, 2.75) is 18.5 Å². The maximum Gasteiger partial charge on any atom is 0.343 e. The van der Waals surface area contributed by atoms with Gasteiger partial charge in [-0.3, -0.25) is 9.59 Å². The van der Waals surface area contributed by atoms with Gasteiger partial charge < -0.3 is 15.3 Å². The fraction of sp³-hybridized carbons (Fsp3) is 0.316. The van der Waals surface area contributed by atoms with Crippen LogP contribution in [0.1, 0.15) is 12.0 Å². The van der Waals surface area contributed by atoms with E-state index in [9.17, 15) is 18.8 Å². The molecule has 136 valence electrons. The number of alkyl halides is 1. The summed E-state index contributed by atoms with van der Waals surface area (Å²) in [6, 6.07) is 13.4. The maximum absolute atomic E-state index is 14.0. The Labute approximate surface area is 149 Å². The molecule has 0 saturated carbocycles. The molecule has 0 aliphatic carbocycles. The summed E-state index contributed by atoms with van der Waals surface area (Å²) in [6.07, 6.45) is -0.116. The van der Waals surface area contributed by atoms with Crippen LogP contribution in [0.4, 0.5) is 4.39 Å². The Kier molecular flexibility index (Phi) is 4.88. The topological polar surface area (TPSA) is 86.7 Å². The second-order valence-electron chi connectivity index (χ2n) is 6.43. The molecule has 2 amide bonds. The second-order valence-corrected chi connectivity index (χ2v) is 6.43. The highest BCUT2D eigenvalue weighted by atomic mass is 19.1. The van der Waals surface area contributed by atoms with E-state index in [2.05, 4.69) is 5.32 Å². The van der Waals surface area contributed by atoms with E-state index in [1.165, 1.54) is 0 Å². The first-order chi connectivity index (χ1) is 12.4. The number of halogens is 1. The number of rotatable bonds is 5. The normalized spacial score (nSPS) is 19.5. The van der Waals surface area contributed by atoms with Crippen LogP contribution >= 0.6 is 0 Å². The number of carboxylic acids is 1. The van der Waals surface area contributed by atoms with Gasteiger partial charge in [-0.15, -0.1) is 0 Å². The van der Waals surface area contributed by atoms with Crippen molar-refractivity contribution < 1.29 is 23.9 Å². The number of hydrogen-bond donors (Lipinski definition) is 2. The quantitative estimate of drug-likeness (QED) is 0.849. The van der Waals surface area contributed by atoms with Gasteiger partial charge in [0.1, 0.15) is 0 Å². The summed E-state index contributed by atoms with van der Waals surface area (Å²) in [4.78, 5) is 36.3. The fourth-order valence-corrected chi connectivity index (χ4v) is 3.13. The molecular formula is C19H19FN2O4. The van der Waals surface area contributed by atoms with Gasteiger partial charge in [0.15, 0.2) is 0 Å². The molecule has 0 aromatic heterocycles. The first kappa shape index (κ1) is 17.8. The Morgan fingerprint density at radius 2 is 1.88 bits per heavy atom. The molecule has 1 unspecified atom stereocenters. The summed E-state index contributed by atoms with van der Waals surface area (Å²) < 4.78 is 14.0. The fourth-order valence-electron chi connectivity index (χ4n) is 3.13.